The minimum absolute atomic E-state index is 0.244. The number of rotatable bonds is 9. The predicted molar refractivity (Wildman–Crippen MR) is 72.3 cm³/mol. The molecule has 0 aromatic carbocycles. The lowest BCUT2D eigenvalue weighted by atomic mass is 10.1. The van der Waals surface area contributed by atoms with Crippen LogP contribution in [0.4, 0.5) is 0 Å². The molecule has 0 aliphatic carbocycles. The van der Waals surface area contributed by atoms with Gasteiger partial charge >= 0.3 is 5.97 Å². The van der Waals surface area contributed by atoms with Gasteiger partial charge in [0.05, 0.1) is 19.4 Å². The number of carbonyl (C=O) groups is 1. The highest BCUT2D eigenvalue weighted by Gasteiger charge is 2.20. The molecule has 0 spiro atoms. The van der Waals surface area contributed by atoms with Crippen molar-refractivity contribution in [2.24, 2.45) is 0 Å². The standard InChI is InChI=1S/C14H23NO4/c1-4-11(5-2)15(7-9-18-3)10-13-12(14(16)17)6-8-19-13/h6,8,11H,4-5,7,9-10H2,1-3H3,(H,16,17). The van der Waals surface area contributed by atoms with Gasteiger partial charge in [0.2, 0.25) is 0 Å². The Kier molecular flexibility index (Phi) is 6.59. The van der Waals surface area contributed by atoms with E-state index in [9.17, 15) is 4.79 Å². The third-order valence-electron chi connectivity index (χ3n) is 3.36. The fourth-order valence-electron chi connectivity index (χ4n) is 2.24. The highest BCUT2D eigenvalue weighted by molar-refractivity contribution is 5.88. The normalized spacial score (nSPS) is 11.4. The number of ether oxygens (including phenoxy) is 1. The Balaban J connectivity index is 2.80. The molecule has 1 rings (SSSR count). The molecule has 0 fully saturated rings. The lowest BCUT2D eigenvalue weighted by Gasteiger charge is -2.29. The van der Waals surface area contributed by atoms with E-state index in [1.54, 1.807) is 7.11 Å². The van der Waals surface area contributed by atoms with Crippen molar-refractivity contribution in [2.75, 3.05) is 20.3 Å². The third-order valence-corrected chi connectivity index (χ3v) is 3.36. The van der Waals surface area contributed by atoms with Gasteiger partial charge in [-0.1, -0.05) is 13.8 Å². The first-order valence-electron chi connectivity index (χ1n) is 6.66. The van der Waals surface area contributed by atoms with Crippen LogP contribution in [0, 0.1) is 0 Å². The van der Waals surface area contributed by atoms with E-state index in [0.717, 1.165) is 19.4 Å². The number of methoxy groups -OCH3 is 1. The van der Waals surface area contributed by atoms with Crippen molar-refractivity contribution < 1.29 is 19.1 Å². The van der Waals surface area contributed by atoms with E-state index in [4.69, 9.17) is 14.3 Å². The monoisotopic (exact) mass is 269 g/mol. The van der Waals surface area contributed by atoms with Gasteiger partial charge in [0, 0.05) is 19.7 Å². The van der Waals surface area contributed by atoms with Gasteiger partial charge in [-0.25, -0.2) is 4.79 Å². The Morgan fingerprint density at radius 2 is 2.16 bits per heavy atom. The van der Waals surface area contributed by atoms with Gasteiger partial charge in [0.15, 0.2) is 0 Å². The van der Waals surface area contributed by atoms with Gasteiger partial charge in [0.25, 0.3) is 0 Å². The van der Waals surface area contributed by atoms with Crippen LogP contribution >= 0.6 is 0 Å². The summed E-state index contributed by atoms with van der Waals surface area (Å²) >= 11 is 0. The molecule has 5 nitrogen and oxygen atoms in total. The molecule has 0 saturated heterocycles. The summed E-state index contributed by atoms with van der Waals surface area (Å²) < 4.78 is 10.4. The van der Waals surface area contributed by atoms with Crippen LogP contribution < -0.4 is 0 Å². The van der Waals surface area contributed by atoms with Crippen molar-refractivity contribution in [2.45, 2.75) is 39.3 Å². The zero-order valence-corrected chi connectivity index (χ0v) is 11.9. The van der Waals surface area contributed by atoms with E-state index in [1.807, 2.05) is 0 Å². The molecule has 0 radical (unpaired) electrons. The predicted octanol–water partition coefficient (Wildman–Crippen LogP) is 2.61. The van der Waals surface area contributed by atoms with Gasteiger partial charge in [0.1, 0.15) is 11.3 Å². The minimum Gasteiger partial charge on any atom is -0.478 e. The molecule has 0 aliphatic heterocycles. The third kappa shape index (κ3) is 4.36. The number of hydrogen-bond acceptors (Lipinski definition) is 4. The van der Waals surface area contributed by atoms with Gasteiger partial charge in [-0.15, -0.1) is 0 Å². The molecule has 5 heteroatoms. The summed E-state index contributed by atoms with van der Waals surface area (Å²) in [5, 5.41) is 9.09. The Hall–Kier alpha value is -1.33. The lowest BCUT2D eigenvalue weighted by molar-refractivity contribution is 0.0687. The van der Waals surface area contributed by atoms with E-state index in [-0.39, 0.29) is 5.56 Å². The van der Waals surface area contributed by atoms with Crippen molar-refractivity contribution in [1.82, 2.24) is 4.90 Å². The van der Waals surface area contributed by atoms with Crippen LogP contribution in [-0.4, -0.2) is 42.3 Å². The van der Waals surface area contributed by atoms with Crippen molar-refractivity contribution in [1.29, 1.82) is 0 Å². The molecular formula is C14H23NO4. The summed E-state index contributed by atoms with van der Waals surface area (Å²) in [4.78, 5) is 13.3. The topological polar surface area (TPSA) is 62.9 Å². The molecule has 1 N–H and O–H groups in total. The average Bonchev–Trinajstić information content (AvgIpc) is 2.85. The van der Waals surface area contributed by atoms with E-state index in [0.29, 0.717) is 25.0 Å². The number of carboxylic acids is 1. The molecule has 108 valence electrons. The first kappa shape index (κ1) is 15.7. The molecule has 0 atom stereocenters. The number of furan rings is 1. The fraction of sp³-hybridized carbons (Fsp3) is 0.643. The van der Waals surface area contributed by atoms with Crippen LogP contribution in [0.2, 0.25) is 0 Å². The van der Waals surface area contributed by atoms with Gasteiger partial charge < -0.3 is 14.3 Å². The average molecular weight is 269 g/mol. The number of aromatic carboxylic acids is 1. The van der Waals surface area contributed by atoms with Crippen molar-refractivity contribution in [3.63, 3.8) is 0 Å². The summed E-state index contributed by atoms with van der Waals surface area (Å²) in [5.41, 5.74) is 0.244. The maximum Gasteiger partial charge on any atom is 0.339 e. The molecule has 1 heterocycles. The van der Waals surface area contributed by atoms with Gasteiger partial charge in [-0.05, 0) is 18.9 Å². The van der Waals surface area contributed by atoms with Gasteiger partial charge in [-0.3, -0.25) is 4.90 Å². The SMILES string of the molecule is CCC(CC)N(CCOC)Cc1occc1C(=O)O. The smallest absolute Gasteiger partial charge is 0.339 e. The number of carboxylic acid groups (broad SMARTS) is 1. The number of nitrogens with zero attached hydrogens (tertiary/aromatic N) is 1. The second-order valence-electron chi connectivity index (χ2n) is 4.50. The Morgan fingerprint density at radius 3 is 2.68 bits per heavy atom. The molecule has 0 amide bonds. The van der Waals surface area contributed by atoms with Crippen LogP contribution in [-0.2, 0) is 11.3 Å². The van der Waals surface area contributed by atoms with E-state index < -0.39 is 5.97 Å². The Labute approximate surface area is 114 Å². The van der Waals surface area contributed by atoms with Crippen molar-refractivity contribution in [3.8, 4) is 0 Å². The Bertz CT molecular complexity index is 385. The van der Waals surface area contributed by atoms with Gasteiger partial charge in [-0.2, -0.15) is 0 Å². The molecule has 0 aliphatic rings. The molecule has 0 bridgehead atoms. The van der Waals surface area contributed by atoms with Crippen LogP contribution in [0.15, 0.2) is 16.7 Å². The summed E-state index contributed by atoms with van der Waals surface area (Å²) in [6, 6.07) is 1.90. The van der Waals surface area contributed by atoms with E-state index in [2.05, 4.69) is 18.7 Å². The maximum atomic E-state index is 11.1. The fourth-order valence-corrected chi connectivity index (χ4v) is 2.24. The van der Waals surface area contributed by atoms with Crippen LogP contribution in [0.3, 0.4) is 0 Å². The van der Waals surface area contributed by atoms with Crippen LogP contribution in [0.1, 0.15) is 42.8 Å². The zero-order valence-electron chi connectivity index (χ0n) is 11.9. The largest absolute Gasteiger partial charge is 0.478 e. The summed E-state index contributed by atoms with van der Waals surface area (Å²) in [7, 11) is 1.67. The zero-order chi connectivity index (χ0) is 14.3. The van der Waals surface area contributed by atoms with Crippen molar-refractivity contribution in [3.05, 3.63) is 23.7 Å². The summed E-state index contributed by atoms with van der Waals surface area (Å²) in [6.45, 7) is 6.16. The molecule has 1 aromatic heterocycles. The maximum absolute atomic E-state index is 11.1. The van der Waals surface area contributed by atoms with E-state index >= 15 is 0 Å². The molecule has 0 saturated carbocycles. The van der Waals surface area contributed by atoms with Crippen LogP contribution in [0.25, 0.3) is 0 Å². The quantitative estimate of drug-likeness (QED) is 0.746. The molecular weight excluding hydrogens is 246 g/mol. The second-order valence-corrected chi connectivity index (χ2v) is 4.50. The number of hydrogen-bond donors (Lipinski definition) is 1. The summed E-state index contributed by atoms with van der Waals surface area (Å²) in [6.07, 6.45) is 3.47. The minimum atomic E-state index is -0.944. The summed E-state index contributed by atoms with van der Waals surface area (Å²) in [5.74, 6) is -0.435. The second kappa shape index (κ2) is 7.96. The highest BCUT2D eigenvalue weighted by Crippen LogP contribution is 2.17. The molecule has 19 heavy (non-hydrogen) atoms. The molecule has 0 unspecified atom stereocenters. The van der Waals surface area contributed by atoms with E-state index in [1.165, 1.54) is 12.3 Å². The highest BCUT2D eigenvalue weighted by atomic mass is 16.5. The first-order valence-corrected chi connectivity index (χ1v) is 6.66. The molecule has 1 aromatic rings. The van der Waals surface area contributed by atoms with Crippen LogP contribution in [0.5, 0.6) is 0 Å². The van der Waals surface area contributed by atoms with Crippen molar-refractivity contribution >= 4 is 5.97 Å². The Morgan fingerprint density at radius 1 is 1.47 bits per heavy atom. The lowest BCUT2D eigenvalue weighted by Crippen LogP contribution is -2.36. The first-order chi connectivity index (χ1) is 9.13.